The number of phenolic OH excluding ortho intramolecular Hbond substituents is 1. The minimum atomic E-state index is -0.719. The summed E-state index contributed by atoms with van der Waals surface area (Å²) in [5.74, 6) is -0.880. The van der Waals surface area contributed by atoms with Crippen LogP contribution < -0.4 is 4.90 Å². The number of phenols is 1. The minimum Gasteiger partial charge on any atom is -0.502 e. The van der Waals surface area contributed by atoms with Gasteiger partial charge in [-0.2, -0.15) is 5.26 Å². The van der Waals surface area contributed by atoms with Gasteiger partial charge >= 0.3 is 5.69 Å². The summed E-state index contributed by atoms with van der Waals surface area (Å²) < 4.78 is 0. The number of carbonyl (C=O) groups is 1. The van der Waals surface area contributed by atoms with Crippen LogP contribution in [0, 0.1) is 21.4 Å². The zero-order chi connectivity index (χ0) is 20.1. The normalized spacial score (nSPS) is 14.5. The topological polar surface area (TPSA) is 111 Å². The van der Waals surface area contributed by atoms with E-state index in [1.54, 1.807) is 4.90 Å². The van der Waals surface area contributed by atoms with Gasteiger partial charge in [0.2, 0.25) is 0 Å². The van der Waals surface area contributed by atoms with E-state index in [1.165, 1.54) is 18.2 Å². The number of benzene rings is 2. The molecule has 8 heteroatoms. The molecule has 0 saturated carbocycles. The third kappa shape index (κ3) is 4.10. The molecule has 1 amide bonds. The third-order valence-corrected chi connectivity index (χ3v) is 4.55. The summed E-state index contributed by atoms with van der Waals surface area (Å²) in [6.07, 6.45) is 1.30. The standard InChI is InChI=1S/C20H18N4O4/c21-14-16(12-15-6-7-19(25)18(13-15)24(27)28)20(26)23-10-8-22(9-11-23)17-4-2-1-3-5-17/h1-7,12-13,25H,8-11H2/b16-12-. The van der Waals surface area contributed by atoms with Crippen LogP contribution in [-0.4, -0.2) is 47.0 Å². The van der Waals surface area contributed by atoms with E-state index < -0.39 is 22.3 Å². The highest BCUT2D eigenvalue weighted by Gasteiger charge is 2.24. The Balaban J connectivity index is 1.72. The molecule has 1 saturated heterocycles. The van der Waals surface area contributed by atoms with E-state index in [0.717, 1.165) is 11.8 Å². The lowest BCUT2D eigenvalue weighted by Crippen LogP contribution is -2.49. The van der Waals surface area contributed by atoms with Crippen LogP contribution in [0.3, 0.4) is 0 Å². The first kappa shape index (κ1) is 18.9. The molecule has 0 unspecified atom stereocenters. The first-order valence-electron chi connectivity index (χ1n) is 8.68. The fourth-order valence-corrected chi connectivity index (χ4v) is 3.06. The van der Waals surface area contributed by atoms with Crippen LogP contribution in [-0.2, 0) is 4.79 Å². The number of aromatic hydroxyl groups is 1. The Morgan fingerprint density at radius 2 is 1.82 bits per heavy atom. The second kappa shape index (κ2) is 8.22. The number of hydrogen-bond acceptors (Lipinski definition) is 6. The van der Waals surface area contributed by atoms with Crippen molar-refractivity contribution in [2.75, 3.05) is 31.1 Å². The zero-order valence-electron chi connectivity index (χ0n) is 15.0. The Labute approximate surface area is 161 Å². The summed E-state index contributed by atoms with van der Waals surface area (Å²) >= 11 is 0. The molecule has 0 aliphatic carbocycles. The summed E-state index contributed by atoms with van der Waals surface area (Å²) in [5.41, 5.74) is 0.808. The molecule has 1 N–H and O–H groups in total. The summed E-state index contributed by atoms with van der Waals surface area (Å²) in [5, 5.41) is 29.9. The lowest BCUT2D eigenvalue weighted by molar-refractivity contribution is -0.385. The molecule has 0 spiro atoms. The van der Waals surface area contributed by atoms with Crippen LogP contribution in [0.25, 0.3) is 6.08 Å². The third-order valence-electron chi connectivity index (χ3n) is 4.55. The maximum atomic E-state index is 12.7. The molecular formula is C20H18N4O4. The van der Waals surface area contributed by atoms with Gasteiger partial charge in [-0.05, 0) is 29.8 Å². The average molecular weight is 378 g/mol. The number of piperazine rings is 1. The Morgan fingerprint density at radius 3 is 2.43 bits per heavy atom. The van der Waals surface area contributed by atoms with Crippen molar-refractivity contribution in [2.24, 2.45) is 0 Å². The molecule has 28 heavy (non-hydrogen) atoms. The van der Waals surface area contributed by atoms with Gasteiger partial charge in [0, 0.05) is 37.9 Å². The highest BCUT2D eigenvalue weighted by molar-refractivity contribution is 6.01. The molecule has 1 fully saturated rings. The molecule has 0 aromatic heterocycles. The van der Waals surface area contributed by atoms with E-state index in [4.69, 9.17) is 0 Å². The fourth-order valence-electron chi connectivity index (χ4n) is 3.06. The number of anilines is 1. The van der Waals surface area contributed by atoms with Gasteiger partial charge in [0.1, 0.15) is 11.6 Å². The molecule has 0 radical (unpaired) electrons. The number of nitriles is 1. The Kier molecular flexibility index (Phi) is 5.56. The number of rotatable bonds is 4. The van der Waals surface area contributed by atoms with Gasteiger partial charge in [0.25, 0.3) is 5.91 Å². The van der Waals surface area contributed by atoms with Crippen molar-refractivity contribution >= 4 is 23.4 Å². The average Bonchev–Trinajstić information content (AvgIpc) is 2.73. The van der Waals surface area contributed by atoms with Gasteiger partial charge in [0.05, 0.1) is 4.92 Å². The van der Waals surface area contributed by atoms with E-state index >= 15 is 0 Å². The van der Waals surface area contributed by atoms with Crippen molar-refractivity contribution in [1.29, 1.82) is 5.26 Å². The van der Waals surface area contributed by atoms with Gasteiger partial charge in [-0.3, -0.25) is 14.9 Å². The van der Waals surface area contributed by atoms with Gasteiger partial charge < -0.3 is 14.9 Å². The van der Waals surface area contributed by atoms with E-state index in [0.29, 0.717) is 31.7 Å². The number of para-hydroxylation sites is 1. The van der Waals surface area contributed by atoms with Crippen molar-refractivity contribution in [1.82, 2.24) is 4.90 Å². The largest absolute Gasteiger partial charge is 0.502 e. The number of hydrogen-bond donors (Lipinski definition) is 1. The molecular weight excluding hydrogens is 360 g/mol. The highest BCUT2D eigenvalue weighted by atomic mass is 16.6. The molecule has 2 aromatic rings. The van der Waals surface area contributed by atoms with Crippen LogP contribution in [0.5, 0.6) is 5.75 Å². The molecule has 1 aliphatic rings. The lowest BCUT2D eigenvalue weighted by Gasteiger charge is -2.36. The monoisotopic (exact) mass is 378 g/mol. The van der Waals surface area contributed by atoms with Gasteiger partial charge in [0.15, 0.2) is 5.75 Å². The van der Waals surface area contributed by atoms with E-state index in [-0.39, 0.29) is 5.57 Å². The predicted molar refractivity (Wildman–Crippen MR) is 104 cm³/mol. The number of nitro benzene ring substituents is 1. The first-order chi connectivity index (χ1) is 13.5. The molecule has 2 aromatic carbocycles. The SMILES string of the molecule is N#C/C(=C/c1ccc(O)c([N+](=O)[O-])c1)C(=O)N1CCN(c2ccccc2)CC1. The van der Waals surface area contributed by atoms with Crippen molar-refractivity contribution in [3.63, 3.8) is 0 Å². The van der Waals surface area contributed by atoms with E-state index in [9.17, 15) is 25.3 Å². The summed E-state index contributed by atoms with van der Waals surface area (Å²) in [4.78, 5) is 26.7. The minimum absolute atomic E-state index is 0.104. The molecule has 0 bridgehead atoms. The second-order valence-electron chi connectivity index (χ2n) is 6.29. The van der Waals surface area contributed by atoms with Crippen LogP contribution in [0.1, 0.15) is 5.56 Å². The van der Waals surface area contributed by atoms with Crippen molar-refractivity contribution in [3.05, 3.63) is 69.8 Å². The number of nitro groups is 1. The quantitative estimate of drug-likeness (QED) is 0.379. The summed E-state index contributed by atoms with van der Waals surface area (Å²) in [6.45, 7) is 2.25. The van der Waals surface area contributed by atoms with Crippen LogP contribution >= 0.6 is 0 Å². The van der Waals surface area contributed by atoms with Crippen LogP contribution in [0.2, 0.25) is 0 Å². The molecule has 3 rings (SSSR count). The van der Waals surface area contributed by atoms with Crippen molar-refractivity contribution in [2.45, 2.75) is 0 Å². The Hall–Kier alpha value is -3.86. The number of amides is 1. The Bertz CT molecular complexity index is 958. The smallest absolute Gasteiger partial charge is 0.311 e. The lowest BCUT2D eigenvalue weighted by atomic mass is 10.1. The number of carbonyl (C=O) groups excluding carboxylic acids is 1. The van der Waals surface area contributed by atoms with Crippen LogP contribution in [0.4, 0.5) is 11.4 Å². The molecule has 142 valence electrons. The predicted octanol–water partition coefficient (Wildman–Crippen LogP) is 2.56. The zero-order valence-corrected chi connectivity index (χ0v) is 15.0. The van der Waals surface area contributed by atoms with Gasteiger partial charge in [-0.1, -0.05) is 24.3 Å². The van der Waals surface area contributed by atoms with Gasteiger partial charge in [-0.25, -0.2) is 0 Å². The fraction of sp³-hybridized carbons (Fsp3) is 0.200. The summed E-state index contributed by atoms with van der Waals surface area (Å²) in [7, 11) is 0. The maximum absolute atomic E-state index is 12.7. The van der Waals surface area contributed by atoms with E-state index in [2.05, 4.69) is 4.90 Å². The van der Waals surface area contributed by atoms with Crippen molar-refractivity contribution in [3.8, 4) is 11.8 Å². The van der Waals surface area contributed by atoms with E-state index in [1.807, 2.05) is 36.4 Å². The maximum Gasteiger partial charge on any atom is 0.311 e. The molecule has 8 nitrogen and oxygen atoms in total. The first-order valence-corrected chi connectivity index (χ1v) is 8.68. The number of nitrogens with zero attached hydrogens (tertiary/aromatic N) is 4. The molecule has 0 atom stereocenters. The second-order valence-corrected chi connectivity index (χ2v) is 6.29. The molecule has 1 aliphatic heterocycles. The van der Waals surface area contributed by atoms with Gasteiger partial charge in [-0.15, -0.1) is 0 Å². The Morgan fingerprint density at radius 1 is 1.14 bits per heavy atom. The molecule has 1 heterocycles. The highest BCUT2D eigenvalue weighted by Crippen LogP contribution is 2.27. The van der Waals surface area contributed by atoms with Crippen molar-refractivity contribution < 1.29 is 14.8 Å². The summed E-state index contributed by atoms with van der Waals surface area (Å²) in [6, 6.07) is 15.5. The van der Waals surface area contributed by atoms with Crippen LogP contribution in [0.15, 0.2) is 54.1 Å².